The Hall–Kier alpha value is -2.31. The number of benzene rings is 1. The van der Waals surface area contributed by atoms with E-state index in [1.165, 1.54) is 6.92 Å². The van der Waals surface area contributed by atoms with Crippen LogP contribution in [-0.4, -0.2) is 5.91 Å². The Balaban J connectivity index is 2.96. The van der Waals surface area contributed by atoms with Crippen LogP contribution in [0.15, 0.2) is 35.4 Å². The number of hydrogen-bond acceptors (Lipinski definition) is 2. The van der Waals surface area contributed by atoms with Crippen molar-refractivity contribution in [1.29, 1.82) is 5.26 Å². The van der Waals surface area contributed by atoms with Crippen molar-refractivity contribution < 1.29 is 4.79 Å². The highest BCUT2D eigenvalue weighted by Crippen LogP contribution is 2.23. The van der Waals surface area contributed by atoms with Crippen molar-refractivity contribution in [1.82, 2.24) is 0 Å². The third-order valence-corrected chi connectivity index (χ3v) is 2.25. The fourth-order valence-electron chi connectivity index (χ4n) is 1.32. The van der Waals surface area contributed by atoms with Gasteiger partial charge in [-0.1, -0.05) is 30.3 Å². The van der Waals surface area contributed by atoms with Gasteiger partial charge in [-0.15, -0.1) is 0 Å². The summed E-state index contributed by atoms with van der Waals surface area (Å²) in [6.07, 6.45) is 0.238. The van der Waals surface area contributed by atoms with Gasteiger partial charge in [-0.3, -0.25) is 4.79 Å². The summed E-state index contributed by atoms with van der Waals surface area (Å²) in [5.41, 5.74) is 7.75. The molecule has 0 aliphatic carbocycles. The van der Waals surface area contributed by atoms with Gasteiger partial charge in [-0.2, -0.15) is 5.26 Å². The monoisotopic (exact) mass is 214 g/mol. The first kappa shape index (κ1) is 11.8. The Bertz CT molecular complexity index is 471. The molecular weight excluding hydrogens is 204 g/mol. The number of azide groups is 1. The summed E-state index contributed by atoms with van der Waals surface area (Å²) in [5, 5.41) is 12.0. The Morgan fingerprint density at radius 3 is 2.69 bits per heavy atom. The largest absolute Gasteiger partial charge is 0.291 e. The number of rotatable bonds is 3. The SMILES string of the molecule is C[C@@](C#N)(Cc1ccccc1)C(=O)N=[N+]=[N-]. The lowest BCUT2D eigenvalue weighted by molar-refractivity contribution is -0.124. The summed E-state index contributed by atoms with van der Waals surface area (Å²) in [7, 11) is 0. The zero-order valence-electron chi connectivity index (χ0n) is 8.79. The van der Waals surface area contributed by atoms with Gasteiger partial charge in [-0.05, 0) is 29.6 Å². The lowest BCUT2D eigenvalue weighted by Crippen LogP contribution is -2.26. The Morgan fingerprint density at radius 2 is 2.19 bits per heavy atom. The Labute approximate surface area is 92.9 Å². The summed E-state index contributed by atoms with van der Waals surface area (Å²) in [6, 6.07) is 11.0. The molecule has 1 rings (SSSR count). The lowest BCUT2D eigenvalue weighted by atomic mass is 9.84. The quantitative estimate of drug-likeness (QED) is 0.439. The van der Waals surface area contributed by atoms with E-state index in [4.69, 9.17) is 10.8 Å². The maximum Gasteiger partial charge on any atom is 0.239 e. The van der Waals surface area contributed by atoms with E-state index in [-0.39, 0.29) is 6.42 Å². The molecule has 1 amide bonds. The zero-order chi connectivity index (χ0) is 12.0. The average Bonchev–Trinajstić information content (AvgIpc) is 2.30. The van der Waals surface area contributed by atoms with E-state index < -0.39 is 11.3 Å². The molecule has 0 unspecified atom stereocenters. The van der Waals surface area contributed by atoms with Gasteiger partial charge in [0, 0.05) is 4.91 Å². The van der Waals surface area contributed by atoms with Crippen LogP contribution >= 0.6 is 0 Å². The molecule has 0 fully saturated rings. The van der Waals surface area contributed by atoms with Crippen LogP contribution in [0.4, 0.5) is 0 Å². The topological polar surface area (TPSA) is 89.6 Å². The van der Waals surface area contributed by atoms with Crippen LogP contribution in [-0.2, 0) is 11.2 Å². The summed E-state index contributed by atoms with van der Waals surface area (Å²) >= 11 is 0. The first-order chi connectivity index (χ1) is 7.62. The molecule has 0 heterocycles. The molecule has 0 aromatic heterocycles. The minimum absolute atomic E-state index is 0.238. The van der Waals surface area contributed by atoms with Gasteiger partial charge in [0.05, 0.1) is 6.07 Å². The Morgan fingerprint density at radius 1 is 1.56 bits per heavy atom. The molecule has 1 atom stereocenters. The summed E-state index contributed by atoms with van der Waals surface area (Å²) in [4.78, 5) is 13.9. The van der Waals surface area contributed by atoms with E-state index in [9.17, 15) is 4.79 Å². The molecule has 0 saturated heterocycles. The van der Waals surface area contributed by atoms with E-state index in [1.54, 1.807) is 0 Å². The molecule has 1 aromatic carbocycles. The third-order valence-electron chi connectivity index (χ3n) is 2.25. The van der Waals surface area contributed by atoms with Gasteiger partial charge >= 0.3 is 0 Å². The van der Waals surface area contributed by atoms with Crippen LogP contribution in [0, 0.1) is 16.7 Å². The first-order valence-corrected chi connectivity index (χ1v) is 4.67. The van der Waals surface area contributed by atoms with Crippen molar-refractivity contribution in [2.75, 3.05) is 0 Å². The van der Waals surface area contributed by atoms with Gasteiger partial charge in [0.25, 0.3) is 0 Å². The van der Waals surface area contributed by atoms with Crippen molar-refractivity contribution in [3.8, 4) is 6.07 Å². The molecule has 0 aliphatic rings. The summed E-state index contributed by atoms with van der Waals surface area (Å²) in [6.45, 7) is 1.47. The van der Waals surface area contributed by atoms with Crippen LogP contribution in [0.5, 0.6) is 0 Å². The van der Waals surface area contributed by atoms with E-state index >= 15 is 0 Å². The molecule has 0 N–H and O–H groups in total. The van der Waals surface area contributed by atoms with Crippen LogP contribution in [0.2, 0.25) is 0 Å². The normalized spacial score (nSPS) is 13.0. The summed E-state index contributed by atoms with van der Waals surface area (Å²) in [5.74, 6) is -0.749. The average molecular weight is 214 g/mol. The molecule has 1 aromatic rings. The van der Waals surface area contributed by atoms with E-state index in [2.05, 4.69) is 10.0 Å². The molecular formula is C11H10N4O. The second-order valence-electron chi connectivity index (χ2n) is 3.60. The summed E-state index contributed by atoms with van der Waals surface area (Å²) < 4.78 is 0. The van der Waals surface area contributed by atoms with E-state index in [0.717, 1.165) is 5.56 Å². The Kier molecular flexibility index (Phi) is 3.65. The molecule has 5 nitrogen and oxygen atoms in total. The molecule has 16 heavy (non-hydrogen) atoms. The maximum atomic E-state index is 11.5. The number of nitrogens with zero attached hydrogens (tertiary/aromatic N) is 4. The number of hydrogen-bond donors (Lipinski definition) is 0. The van der Waals surface area contributed by atoms with Crippen molar-refractivity contribution >= 4 is 5.91 Å². The highest BCUT2D eigenvalue weighted by Gasteiger charge is 2.32. The highest BCUT2D eigenvalue weighted by atomic mass is 16.2. The van der Waals surface area contributed by atoms with Crippen LogP contribution in [0.1, 0.15) is 12.5 Å². The maximum absolute atomic E-state index is 11.5. The smallest absolute Gasteiger partial charge is 0.239 e. The fraction of sp³-hybridized carbons (Fsp3) is 0.273. The van der Waals surface area contributed by atoms with Crippen molar-refractivity contribution in [3.05, 3.63) is 46.3 Å². The van der Waals surface area contributed by atoms with Gasteiger partial charge < -0.3 is 0 Å². The molecule has 5 heteroatoms. The minimum Gasteiger partial charge on any atom is -0.291 e. The lowest BCUT2D eigenvalue weighted by Gasteiger charge is -2.16. The fourth-order valence-corrected chi connectivity index (χ4v) is 1.32. The van der Waals surface area contributed by atoms with Gasteiger partial charge in [0.2, 0.25) is 5.91 Å². The number of carbonyl (C=O) groups is 1. The van der Waals surface area contributed by atoms with Crippen molar-refractivity contribution in [2.24, 2.45) is 10.5 Å². The van der Waals surface area contributed by atoms with Gasteiger partial charge in [-0.25, -0.2) is 0 Å². The number of carbonyl (C=O) groups excluding carboxylic acids is 1. The predicted molar refractivity (Wildman–Crippen MR) is 58.0 cm³/mol. The van der Waals surface area contributed by atoms with Crippen molar-refractivity contribution in [2.45, 2.75) is 13.3 Å². The predicted octanol–water partition coefficient (Wildman–Crippen LogP) is 2.60. The molecule has 0 aliphatic heterocycles. The number of amides is 1. The van der Waals surface area contributed by atoms with Gasteiger partial charge in [0.15, 0.2) is 0 Å². The zero-order valence-corrected chi connectivity index (χ0v) is 8.79. The molecule has 80 valence electrons. The molecule has 0 radical (unpaired) electrons. The third kappa shape index (κ3) is 2.59. The highest BCUT2D eigenvalue weighted by molar-refractivity contribution is 5.86. The first-order valence-electron chi connectivity index (χ1n) is 4.67. The van der Waals surface area contributed by atoms with Crippen LogP contribution < -0.4 is 0 Å². The van der Waals surface area contributed by atoms with Crippen molar-refractivity contribution in [3.63, 3.8) is 0 Å². The molecule has 0 saturated carbocycles. The minimum atomic E-state index is -1.30. The van der Waals surface area contributed by atoms with Gasteiger partial charge in [0.1, 0.15) is 5.41 Å². The van der Waals surface area contributed by atoms with Crippen LogP contribution in [0.25, 0.3) is 10.4 Å². The second-order valence-corrected chi connectivity index (χ2v) is 3.60. The molecule has 0 bridgehead atoms. The number of nitriles is 1. The standard InChI is InChI=1S/C11H10N4O/c1-11(8-12,10(16)14-15-13)7-9-5-3-2-4-6-9/h2-6H,7H2,1H3/t11-/m0/s1. The molecule has 0 spiro atoms. The van der Waals surface area contributed by atoms with Crippen LogP contribution in [0.3, 0.4) is 0 Å². The van der Waals surface area contributed by atoms with E-state index in [0.29, 0.717) is 0 Å². The second kappa shape index (κ2) is 4.96. The van der Waals surface area contributed by atoms with E-state index in [1.807, 2.05) is 36.4 Å².